The van der Waals surface area contributed by atoms with E-state index in [1.165, 1.54) is 0 Å². The number of hydrogen-bond donors (Lipinski definition) is 2. The summed E-state index contributed by atoms with van der Waals surface area (Å²) in [5.74, 6) is 0.666. The zero-order chi connectivity index (χ0) is 13.9. The van der Waals surface area contributed by atoms with Crippen molar-refractivity contribution in [3.05, 3.63) is 0 Å². The number of aliphatic imine (C=N–C) groups is 1. The second-order valence-corrected chi connectivity index (χ2v) is 3.80. The Morgan fingerprint density at radius 3 is 2.21 bits per heavy atom. The van der Waals surface area contributed by atoms with Crippen molar-refractivity contribution in [2.24, 2.45) is 4.99 Å². The van der Waals surface area contributed by atoms with Gasteiger partial charge in [-0.15, -0.1) is 24.0 Å². The SMILES string of the molecule is CCCCNC(=NC)NCCCOCC(F)(F)F.I. The van der Waals surface area contributed by atoms with E-state index in [9.17, 15) is 13.2 Å². The van der Waals surface area contributed by atoms with Gasteiger partial charge in [-0.2, -0.15) is 13.2 Å². The number of nitrogens with one attached hydrogen (secondary N) is 2. The summed E-state index contributed by atoms with van der Waals surface area (Å²) in [6, 6.07) is 0. The topological polar surface area (TPSA) is 45.7 Å². The number of nitrogens with zero attached hydrogens (tertiary/aromatic N) is 1. The van der Waals surface area contributed by atoms with E-state index in [0.29, 0.717) is 18.9 Å². The minimum absolute atomic E-state index is 0. The van der Waals surface area contributed by atoms with Gasteiger partial charge in [-0.3, -0.25) is 4.99 Å². The lowest BCUT2D eigenvalue weighted by atomic mass is 10.3. The number of alkyl halides is 3. The number of guanidine groups is 1. The Morgan fingerprint density at radius 2 is 1.74 bits per heavy atom. The van der Waals surface area contributed by atoms with Crippen LogP contribution in [0.4, 0.5) is 13.2 Å². The monoisotopic (exact) mass is 397 g/mol. The normalized spacial score (nSPS) is 11.9. The fourth-order valence-electron chi connectivity index (χ4n) is 1.17. The smallest absolute Gasteiger partial charge is 0.372 e. The minimum atomic E-state index is -4.24. The summed E-state index contributed by atoms with van der Waals surface area (Å²) in [5.41, 5.74) is 0. The van der Waals surface area contributed by atoms with Crippen molar-refractivity contribution in [2.45, 2.75) is 32.4 Å². The molecule has 19 heavy (non-hydrogen) atoms. The van der Waals surface area contributed by atoms with Crippen molar-refractivity contribution in [3.8, 4) is 0 Å². The van der Waals surface area contributed by atoms with Crippen LogP contribution in [0.3, 0.4) is 0 Å². The molecule has 0 aromatic heterocycles. The van der Waals surface area contributed by atoms with Gasteiger partial charge in [0.25, 0.3) is 0 Å². The Morgan fingerprint density at radius 1 is 1.16 bits per heavy atom. The number of halogens is 4. The van der Waals surface area contributed by atoms with Gasteiger partial charge >= 0.3 is 6.18 Å². The first kappa shape index (κ1) is 21.1. The van der Waals surface area contributed by atoms with Crippen LogP contribution in [0.2, 0.25) is 0 Å². The van der Waals surface area contributed by atoms with Gasteiger partial charge < -0.3 is 15.4 Å². The van der Waals surface area contributed by atoms with E-state index < -0.39 is 12.8 Å². The maximum Gasteiger partial charge on any atom is 0.411 e. The largest absolute Gasteiger partial charge is 0.411 e. The van der Waals surface area contributed by atoms with Crippen LogP contribution in [0.15, 0.2) is 4.99 Å². The molecule has 0 radical (unpaired) electrons. The van der Waals surface area contributed by atoms with Gasteiger partial charge in [0.05, 0.1) is 0 Å². The molecular formula is C11H23F3IN3O. The average Bonchev–Trinajstić information content (AvgIpc) is 2.30. The maximum atomic E-state index is 11.8. The molecule has 0 saturated carbocycles. The van der Waals surface area contributed by atoms with Crippen LogP contribution in [-0.2, 0) is 4.74 Å². The van der Waals surface area contributed by atoms with Crippen molar-refractivity contribution in [1.82, 2.24) is 10.6 Å². The fraction of sp³-hybridized carbons (Fsp3) is 0.909. The molecule has 0 saturated heterocycles. The maximum absolute atomic E-state index is 11.8. The second-order valence-electron chi connectivity index (χ2n) is 3.80. The van der Waals surface area contributed by atoms with Crippen LogP contribution < -0.4 is 10.6 Å². The molecule has 0 aliphatic carbocycles. The van der Waals surface area contributed by atoms with Gasteiger partial charge in [-0.25, -0.2) is 0 Å². The zero-order valence-electron chi connectivity index (χ0n) is 11.3. The first-order valence-electron chi connectivity index (χ1n) is 6.08. The van der Waals surface area contributed by atoms with E-state index in [2.05, 4.69) is 27.3 Å². The van der Waals surface area contributed by atoms with Crippen LogP contribution in [0.5, 0.6) is 0 Å². The Hall–Kier alpha value is -0.250. The summed E-state index contributed by atoms with van der Waals surface area (Å²) in [5, 5.41) is 6.11. The van der Waals surface area contributed by atoms with Crippen molar-refractivity contribution in [1.29, 1.82) is 0 Å². The third-order valence-electron chi connectivity index (χ3n) is 2.07. The molecule has 2 N–H and O–H groups in total. The molecule has 0 fully saturated rings. The molecule has 0 aliphatic heterocycles. The highest BCUT2D eigenvalue weighted by atomic mass is 127. The second kappa shape index (κ2) is 12.8. The standard InChI is InChI=1S/C11H22F3N3O.HI/c1-3-4-6-16-10(15-2)17-7-5-8-18-9-11(12,13)14;/h3-9H2,1-2H3,(H2,15,16,17);1H. The Bertz CT molecular complexity index is 238. The van der Waals surface area contributed by atoms with Crippen molar-refractivity contribution in [3.63, 3.8) is 0 Å². The van der Waals surface area contributed by atoms with E-state index in [-0.39, 0.29) is 30.6 Å². The Kier molecular flexibility index (Phi) is 14.1. The van der Waals surface area contributed by atoms with E-state index in [1.54, 1.807) is 7.05 Å². The van der Waals surface area contributed by atoms with Gasteiger partial charge in [0.15, 0.2) is 5.96 Å². The lowest BCUT2D eigenvalue weighted by molar-refractivity contribution is -0.173. The Balaban J connectivity index is 0. The molecule has 4 nitrogen and oxygen atoms in total. The van der Waals surface area contributed by atoms with E-state index in [4.69, 9.17) is 0 Å². The number of ether oxygens (including phenoxy) is 1. The molecule has 0 amide bonds. The van der Waals surface area contributed by atoms with Crippen LogP contribution in [-0.4, -0.2) is 45.5 Å². The third-order valence-corrected chi connectivity index (χ3v) is 2.07. The van der Waals surface area contributed by atoms with Crippen molar-refractivity contribution in [2.75, 3.05) is 33.4 Å². The summed E-state index contributed by atoms with van der Waals surface area (Å²) in [6.45, 7) is 2.36. The predicted octanol–water partition coefficient (Wildman–Crippen LogP) is 2.54. The number of hydrogen-bond acceptors (Lipinski definition) is 2. The third kappa shape index (κ3) is 15.7. The molecule has 0 atom stereocenters. The first-order chi connectivity index (χ1) is 8.49. The average molecular weight is 397 g/mol. The van der Waals surface area contributed by atoms with Gasteiger partial charge in [0.1, 0.15) is 6.61 Å². The molecule has 0 bridgehead atoms. The molecule has 0 aromatic rings. The van der Waals surface area contributed by atoms with E-state index >= 15 is 0 Å². The summed E-state index contributed by atoms with van der Waals surface area (Å²) >= 11 is 0. The molecule has 8 heteroatoms. The lowest BCUT2D eigenvalue weighted by Gasteiger charge is -2.11. The summed E-state index contributed by atoms with van der Waals surface area (Å²) < 4.78 is 39.7. The van der Waals surface area contributed by atoms with Gasteiger partial charge in [0, 0.05) is 26.7 Å². The van der Waals surface area contributed by atoms with Crippen LogP contribution >= 0.6 is 24.0 Å². The Labute approximate surface area is 129 Å². The van der Waals surface area contributed by atoms with E-state index in [1.807, 2.05) is 0 Å². The number of unbranched alkanes of at least 4 members (excludes halogenated alkanes) is 1. The highest BCUT2D eigenvalue weighted by molar-refractivity contribution is 14.0. The first-order valence-corrected chi connectivity index (χ1v) is 6.08. The molecule has 0 unspecified atom stereocenters. The summed E-state index contributed by atoms with van der Waals surface area (Å²) in [6.07, 6.45) is -1.60. The van der Waals surface area contributed by atoms with Crippen LogP contribution in [0, 0.1) is 0 Å². The van der Waals surface area contributed by atoms with E-state index in [0.717, 1.165) is 19.4 Å². The van der Waals surface area contributed by atoms with Crippen molar-refractivity contribution >= 4 is 29.9 Å². The minimum Gasteiger partial charge on any atom is -0.372 e. The molecule has 0 aliphatic rings. The molecule has 116 valence electrons. The lowest BCUT2D eigenvalue weighted by Crippen LogP contribution is -2.38. The predicted molar refractivity (Wildman–Crippen MR) is 81.2 cm³/mol. The number of rotatable bonds is 8. The molecule has 0 aromatic carbocycles. The van der Waals surface area contributed by atoms with Crippen molar-refractivity contribution < 1.29 is 17.9 Å². The van der Waals surface area contributed by atoms with Crippen LogP contribution in [0.1, 0.15) is 26.2 Å². The van der Waals surface area contributed by atoms with Gasteiger partial charge in [-0.1, -0.05) is 13.3 Å². The molecule has 0 spiro atoms. The summed E-state index contributed by atoms with van der Waals surface area (Å²) in [7, 11) is 1.65. The zero-order valence-corrected chi connectivity index (χ0v) is 13.7. The summed E-state index contributed by atoms with van der Waals surface area (Å²) in [4.78, 5) is 3.99. The molecule has 0 heterocycles. The highest BCUT2D eigenvalue weighted by Gasteiger charge is 2.27. The van der Waals surface area contributed by atoms with Gasteiger partial charge in [-0.05, 0) is 12.8 Å². The quantitative estimate of drug-likeness (QED) is 0.287. The van der Waals surface area contributed by atoms with Crippen LogP contribution in [0.25, 0.3) is 0 Å². The molecule has 0 rings (SSSR count). The van der Waals surface area contributed by atoms with Gasteiger partial charge in [0.2, 0.25) is 0 Å². The fourth-order valence-corrected chi connectivity index (χ4v) is 1.17. The molecular weight excluding hydrogens is 374 g/mol. The highest BCUT2D eigenvalue weighted by Crippen LogP contribution is 2.14.